The molecule has 0 aliphatic heterocycles. The highest BCUT2D eigenvalue weighted by Gasteiger charge is 2.34. The van der Waals surface area contributed by atoms with Crippen molar-refractivity contribution in [3.8, 4) is 0 Å². The number of ether oxygens (including phenoxy) is 1. The van der Waals surface area contributed by atoms with Gasteiger partial charge in [-0.1, -0.05) is 43.0 Å². The summed E-state index contributed by atoms with van der Waals surface area (Å²) in [6.07, 6.45) is 5.72. The molecule has 1 aromatic carbocycles. The number of carbonyl (C=O) groups is 3. The number of carbonyl (C=O) groups excluding carboxylic acids is 3. The number of nitrogens with zero attached hydrogens (tertiary/aromatic N) is 2. The van der Waals surface area contributed by atoms with Crippen LogP contribution >= 0.6 is 22.9 Å². The lowest BCUT2D eigenvalue weighted by molar-refractivity contribution is -0.155. The number of rotatable bonds is 7. The molecule has 1 unspecified atom stereocenters. The molecule has 1 aliphatic rings. The number of hydrogen-bond acceptors (Lipinski definition) is 6. The summed E-state index contributed by atoms with van der Waals surface area (Å²) < 4.78 is 5.41. The van der Waals surface area contributed by atoms with Crippen molar-refractivity contribution in [3.63, 3.8) is 0 Å². The zero-order valence-electron chi connectivity index (χ0n) is 17.5. The first kappa shape index (κ1) is 23.2. The fourth-order valence-electron chi connectivity index (χ4n) is 3.61. The lowest BCUT2D eigenvalue weighted by Crippen LogP contribution is -2.48. The summed E-state index contributed by atoms with van der Waals surface area (Å²) in [4.78, 5) is 44.1. The second-order valence-electron chi connectivity index (χ2n) is 7.57. The second kappa shape index (κ2) is 10.7. The minimum atomic E-state index is -1.00. The Morgan fingerprint density at radius 1 is 1.19 bits per heavy atom. The third-order valence-electron chi connectivity index (χ3n) is 5.26. The normalized spacial score (nSPS) is 16.2. The van der Waals surface area contributed by atoms with Gasteiger partial charge in [-0.3, -0.25) is 14.5 Å². The number of esters is 1. The molecular weight excluding hydrogens is 438 g/mol. The van der Waals surface area contributed by atoms with Crippen LogP contribution in [0.2, 0.25) is 5.02 Å². The number of anilines is 1. The van der Waals surface area contributed by atoms with Gasteiger partial charge in [-0.15, -0.1) is 11.3 Å². The van der Waals surface area contributed by atoms with E-state index in [1.54, 1.807) is 42.3 Å². The SMILES string of the molecule is CC(OC(=O)[C@H](C)NC(=O)c1ccccc1Cl)C(=O)N(c1nccs1)C1CCCCC1. The molecule has 0 saturated heterocycles. The van der Waals surface area contributed by atoms with Crippen LogP contribution in [-0.2, 0) is 14.3 Å². The van der Waals surface area contributed by atoms with Crippen molar-refractivity contribution in [2.24, 2.45) is 0 Å². The summed E-state index contributed by atoms with van der Waals surface area (Å²) >= 11 is 7.42. The Hall–Kier alpha value is -2.45. The highest BCUT2D eigenvalue weighted by molar-refractivity contribution is 7.13. The topological polar surface area (TPSA) is 88.6 Å². The third-order valence-corrected chi connectivity index (χ3v) is 6.36. The van der Waals surface area contributed by atoms with Crippen LogP contribution in [0.25, 0.3) is 0 Å². The second-order valence-corrected chi connectivity index (χ2v) is 8.85. The van der Waals surface area contributed by atoms with E-state index in [9.17, 15) is 14.4 Å². The van der Waals surface area contributed by atoms with E-state index in [2.05, 4.69) is 10.3 Å². The highest BCUT2D eigenvalue weighted by Crippen LogP contribution is 2.29. The molecule has 1 N–H and O–H groups in total. The molecule has 0 spiro atoms. The maximum absolute atomic E-state index is 13.2. The Kier molecular flexibility index (Phi) is 8.03. The Bertz CT molecular complexity index is 915. The predicted octanol–water partition coefficient (Wildman–Crippen LogP) is 4.21. The van der Waals surface area contributed by atoms with Gasteiger partial charge in [0.1, 0.15) is 6.04 Å². The van der Waals surface area contributed by atoms with E-state index in [0.29, 0.717) is 5.13 Å². The predicted molar refractivity (Wildman–Crippen MR) is 120 cm³/mol. The summed E-state index contributed by atoms with van der Waals surface area (Å²) in [7, 11) is 0. The standard InChI is InChI=1S/C22H26ClN3O4S/c1-14(25-19(27)17-10-6-7-11-18(17)23)21(29)30-15(2)20(28)26(22-24-12-13-31-22)16-8-4-3-5-9-16/h6-7,10-16H,3-5,8-9H2,1-2H3,(H,25,27)/t14-,15?/m0/s1. The van der Waals surface area contributed by atoms with Gasteiger partial charge in [0.05, 0.1) is 10.6 Å². The van der Waals surface area contributed by atoms with Crippen molar-refractivity contribution in [1.82, 2.24) is 10.3 Å². The smallest absolute Gasteiger partial charge is 0.329 e. The van der Waals surface area contributed by atoms with E-state index in [0.717, 1.165) is 32.1 Å². The molecule has 9 heteroatoms. The van der Waals surface area contributed by atoms with Crippen molar-refractivity contribution < 1.29 is 19.1 Å². The molecule has 1 fully saturated rings. The van der Waals surface area contributed by atoms with Crippen LogP contribution in [0.4, 0.5) is 5.13 Å². The highest BCUT2D eigenvalue weighted by atomic mass is 35.5. The van der Waals surface area contributed by atoms with Gasteiger partial charge in [-0.25, -0.2) is 9.78 Å². The number of nitrogens with one attached hydrogen (secondary N) is 1. The lowest BCUT2D eigenvalue weighted by Gasteiger charge is -2.34. The van der Waals surface area contributed by atoms with E-state index >= 15 is 0 Å². The number of amides is 2. The molecule has 1 heterocycles. The molecule has 0 bridgehead atoms. The molecule has 3 rings (SSSR count). The number of halogens is 1. The fourth-order valence-corrected chi connectivity index (χ4v) is 4.55. The van der Waals surface area contributed by atoms with E-state index < -0.39 is 24.0 Å². The van der Waals surface area contributed by atoms with Gasteiger partial charge in [0.15, 0.2) is 11.2 Å². The minimum absolute atomic E-state index is 0.0471. The minimum Gasteiger partial charge on any atom is -0.451 e. The van der Waals surface area contributed by atoms with Crippen LogP contribution in [-0.4, -0.2) is 41.0 Å². The molecular formula is C22H26ClN3O4S. The maximum atomic E-state index is 13.2. The Labute approximate surface area is 190 Å². The fraction of sp³-hybridized carbons (Fsp3) is 0.455. The van der Waals surface area contributed by atoms with Crippen molar-refractivity contribution in [2.45, 2.75) is 64.1 Å². The molecule has 1 aromatic heterocycles. The van der Waals surface area contributed by atoms with Gasteiger partial charge in [-0.05, 0) is 38.8 Å². The van der Waals surface area contributed by atoms with Crippen molar-refractivity contribution in [3.05, 3.63) is 46.4 Å². The van der Waals surface area contributed by atoms with Crippen LogP contribution in [0.15, 0.2) is 35.8 Å². The van der Waals surface area contributed by atoms with Gasteiger partial charge in [-0.2, -0.15) is 0 Å². The molecule has 1 saturated carbocycles. The summed E-state index contributed by atoms with van der Waals surface area (Å²) in [6.45, 7) is 3.06. The van der Waals surface area contributed by atoms with Crippen LogP contribution in [0, 0.1) is 0 Å². The van der Waals surface area contributed by atoms with Gasteiger partial charge in [0.2, 0.25) is 0 Å². The summed E-state index contributed by atoms with van der Waals surface area (Å²) in [5, 5.41) is 5.29. The average molecular weight is 464 g/mol. The van der Waals surface area contributed by atoms with Crippen LogP contribution < -0.4 is 10.2 Å². The zero-order chi connectivity index (χ0) is 22.4. The maximum Gasteiger partial charge on any atom is 0.329 e. The van der Waals surface area contributed by atoms with Crippen LogP contribution in [0.1, 0.15) is 56.3 Å². The Morgan fingerprint density at radius 3 is 2.55 bits per heavy atom. The van der Waals surface area contributed by atoms with Crippen LogP contribution in [0.5, 0.6) is 0 Å². The number of benzene rings is 1. The van der Waals surface area contributed by atoms with Gasteiger partial charge >= 0.3 is 5.97 Å². The molecule has 0 radical (unpaired) electrons. The molecule has 2 atom stereocenters. The Balaban J connectivity index is 1.63. The largest absolute Gasteiger partial charge is 0.451 e. The summed E-state index contributed by atoms with van der Waals surface area (Å²) in [5.41, 5.74) is 0.264. The van der Waals surface area contributed by atoms with Gasteiger partial charge < -0.3 is 10.1 Å². The zero-order valence-corrected chi connectivity index (χ0v) is 19.1. The first-order valence-electron chi connectivity index (χ1n) is 10.4. The first-order valence-corrected chi connectivity index (χ1v) is 11.6. The van der Waals surface area contributed by atoms with Crippen molar-refractivity contribution in [2.75, 3.05) is 4.90 Å². The number of thiazole rings is 1. The van der Waals surface area contributed by atoms with Gasteiger partial charge in [0, 0.05) is 17.6 Å². The van der Waals surface area contributed by atoms with E-state index in [-0.39, 0.29) is 22.5 Å². The van der Waals surface area contributed by atoms with Crippen molar-refractivity contribution >= 4 is 45.9 Å². The van der Waals surface area contributed by atoms with Crippen LogP contribution in [0.3, 0.4) is 0 Å². The molecule has 7 nitrogen and oxygen atoms in total. The molecule has 2 amide bonds. The van der Waals surface area contributed by atoms with E-state index in [4.69, 9.17) is 16.3 Å². The Morgan fingerprint density at radius 2 is 1.90 bits per heavy atom. The quantitative estimate of drug-likeness (QED) is 0.621. The molecule has 1 aliphatic carbocycles. The monoisotopic (exact) mass is 463 g/mol. The molecule has 31 heavy (non-hydrogen) atoms. The molecule has 166 valence electrons. The van der Waals surface area contributed by atoms with Crippen molar-refractivity contribution in [1.29, 1.82) is 0 Å². The number of aromatic nitrogens is 1. The average Bonchev–Trinajstić information content (AvgIpc) is 3.29. The summed E-state index contributed by atoms with van der Waals surface area (Å²) in [6, 6.07) is 5.66. The lowest BCUT2D eigenvalue weighted by atomic mass is 9.94. The third kappa shape index (κ3) is 5.83. The summed E-state index contributed by atoms with van der Waals surface area (Å²) in [5.74, 6) is -1.48. The number of hydrogen-bond donors (Lipinski definition) is 1. The van der Waals surface area contributed by atoms with E-state index in [1.807, 2.05) is 5.38 Å². The first-order chi connectivity index (χ1) is 14.9. The van der Waals surface area contributed by atoms with Gasteiger partial charge in [0.25, 0.3) is 11.8 Å². The molecule has 2 aromatic rings. The van der Waals surface area contributed by atoms with E-state index in [1.165, 1.54) is 18.3 Å².